The third kappa shape index (κ3) is 6.62. The zero-order chi connectivity index (χ0) is 20.5. The predicted molar refractivity (Wildman–Crippen MR) is 118 cm³/mol. The molecule has 0 aliphatic carbocycles. The highest BCUT2D eigenvalue weighted by Gasteiger charge is 2.06. The zero-order valence-corrected chi connectivity index (χ0v) is 17.4. The predicted octanol–water partition coefficient (Wildman–Crippen LogP) is 4.73. The molecule has 5 nitrogen and oxygen atoms in total. The van der Waals surface area contributed by atoms with Crippen LogP contribution in [0.5, 0.6) is 5.75 Å². The van der Waals surface area contributed by atoms with Crippen LogP contribution in [0.15, 0.2) is 77.0 Å². The van der Waals surface area contributed by atoms with Gasteiger partial charge in [0.25, 0.3) is 0 Å². The Labute approximate surface area is 179 Å². The fourth-order valence-electron chi connectivity index (χ4n) is 2.58. The van der Waals surface area contributed by atoms with Gasteiger partial charge in [0.05, 0.1) is 24.8 Å². The van der Waals surface area contributed by atoms with Gasteiger partial charge in [-0.2, -0.15) is 5.10 Å². The largest absolute Gasteiger partial charge is 0.496 e. The average Bonchev–Trinajstić information content (AvgIpc) is 2.75. The summed E-state index contributed by atoms with van der Waals surface area (Å²) in [6.07, 6.45) is 3.63. The second kappa shape index (κ2) is 10.6. The maximum absolute atomic E-state index is 12.0. The summed E-state index contributed by atoms with van der Waals surface area (Å²) in [5.74, 6) is 1.32. The molecule has 0 saturated heterocycles. The van der Waals surface area contributed by atoms with Crippen LogP contribution in [0.1, 0.15) is 16.7 Å². The molecular weight excluding hydrogens is 406 g/mol. The molecule has 0 bridgehead atoms. The number of methoxy groups -OCH3 is 1. The number of hydrogen-bond donors (Lipinski definition) is 1. The van der Waals surface area contributed by atoms with Crippen LogP contribution in [0.2, 0.25) is 5.02 Å². The molecule has 1 heterocycles. The molecule has 148 valence electrons. The van der Waals surface area contributed by atoms with Crippen LogP contribution in [-0.4, -0.2) is 24.2 Å². The number of aromatic nitrogens is 1. The van der Waals surface area contributed by atoms with E-state index in [9.17, 15) is 4.79 Å². The third-order valence-electron chi connectivity index (χ3n) is 4.00. The third-order valence-corrected chi connectivity index (χ3v) is 5.24. The Morgan fingerprint density at radius 3 is 2.76 bits per heavy atom. The Bertz CT molecular complexity index is 979. The lowest BCUT2D eigenvalue weighted by atomic mass is 10.1. The van der Waals surface area contributed by atoms with Gasteiger partial charge in [0.1, 0.15) is 5.75 Å². The Balaban J connectivity index is 1.59. The number of rotatable bonds is 8. The number of nitrogens with one attached hydrogen (secondary N) is 1. The molecule has 3 aromatic rings. The quantitative estimate of drug-likeness (QED) is 0.322. The maximum Gasteiger partial charge on any atom is 0.244 e. The van der Waals surface area contributed by atoms with Crippen molar-refractivity contribution >= 4 is 35.5 Å². The second-order valence-electron chi connectivity index (χ2n) is 6.12. The van der Waals surface area contributed by atoms with Crippen molar-refractivity contribution in [3.63, 3.8) is 0 Å². The molecule has 2 aromatic carbocycles. The Morgan fingerprint density at radius 2 is 2.03 bits per heavy atom. The first-order valence-electron chi connectivity index (χ1n) is 8.91. The summed E-state index contributed by atoms with van der Waals surface area (Å²) >= 11 is 7.48. The number of carbonyl (C=O) groups is 1. The van der Waals surface area contributed by atoms with Crippen molar-refractivity contribution in [2.45, 2.75) is 17.2 Å². The minimum atomic E-state index is -0.192. The zero-order valence-electron chi connectivity index (χ0n) is 15.8. The Kier molecular flexibility index (Phi) is 7.67. The second-order valence-corrected chi connectivity index (χ2v) is 7.56. The first-order valence-corrected chi connectivity index (χ1v) is 10.3. The van der Waals surface area contributed by atoms with Gasteiger partial charge in [-0.25, -0.2) is 10.4 Å². The monoisotopic (exact) mass is 425 g/mol. The highest BCUT2D eigenvalue weighted by Crippen LogP contribution is 2.27. The fraction of sp³-hybridized carbons (Fsp3) is 0.136. The topological polar surface area (TPSA) is 63.6 Å². The Hall–Kier alpha value is -2.83. The number of hydrazone groups is 1. The molecule has 7 heteroatoms. The number of thioether (sulfide) groups is 1. The lowest BCUT2D eigenvalue weighted by molar-refractivity contribution is -0.120. The molecule has 0 saturated carbocycles. The SMILES string of the molecule is COc1ccc(/C=N\NC(=O)Cc2ccc(Cl)cc2)cc1CSc1ccccn1. The van der Waals surface area contributed by atoms with Crippen molar-refractivity contribution in [1.29, 1.82) is 0 Å². The van der Waals surface area contributed by atoms with E-state index in [2.05, 4.69) is 15.5 Å². The van der Waals surface area contributed by atoms with Crippen LogP contribution < -0.4 is 10.2 Å². The summed E-state index contributed by atoms with van der Waals surface area (Å²) in [5.41, 5.74) is 5.32. The molecule has 0 unspecified atom stereocenters. The van der Waals surface area contributed by atoms with Crippen molar-refractivity contribution < 1.29 is 9.53 Å². The van der Waals surface area contributed by atoms with Gasteiger partial charge >= 0.3 is 0 Å². The highest BCUT2D eigenvalue weighted by atomic mass is 35.5. The summed E-state index contributed by atoms with van der Waals surface area (Å²) in [5, 5.41) is 5.65. The van der Waals surface area contributed by atoms with Crippen molar-refractivity contribution in [2.24, 2.45) is 5.10 Å². The number of ether oxygens (including phenoxy) is 1. The van der Waals surface area contributed by atoms with Gasteiger partial charge in [0.2, 0.25) is 5.91 Å². The number of halogens is 1. The molecule has 1 amide bonds. The molecule has 0 radical (unpaired) electrons. The molecule has 0 aliphatic rings. The number of hydrogen-bond acceptors (Lipinski definition) is 5. The molecule has 0 aliphatic heterocycles. The number of amides is 1. The summed E-state index contributed by atoms with van der Waals surface area (Å²) in [6, 6.07) is 18.8. The van der Waals surface area contributed by atoms with Crippen molar-refractivity contribution in [1.82, 2.24) is 10.4 Å². The molecule has 0 fully saturated rings. The number of nitrogens with zero attached hydrogens (tertiary/aromatic N) is 2. The Morgan fingerprint density at radius 1 is 1.21 bits per heavy atom. The van der Waals surface area contributed by atoms with Gasteiger partial charge in [-0.05, 0) is 53.6 Å². The molecule has 0 atom stereocenters. The molecule has 29 heavy (non-hydrogen) atoms. The van der Waals surface area contributed by atoms with Gasteiger partial charge in [-0.15, -0.1) is 11.8 Å². The number of benzene rings is 2. The smallest absolute Gasteiger partial charge is 0.244 e. The molecule has 1 N–H and O–H groups in total. The van der Waals surface area contributed by atoms with E-state index in [1.54, 1.807) is 43.4 Å². The molecule has 1 aromatic heterocycles. The van der Waals surface area contributed by atoms with E-state index in [1.165, 1.54) is 0 Å². The van der Waals surface area contributed by atoms with Crippen LogP contribution >= 0.6 is 23.4 Å². The maximum atomic E-state index is 12.0. The molecule has 0 spiro atoms. The normalized spacial score (nSPS) is 10.8. The first kappa shape index (κ1) is 20.9. The summed E-state index contributed by atoms with van der Waals surface area (Å²) in [7, 11) is 1.65. The molecular formula is C22H20ClN3O2S. The van der Waals surface area contributed by atoms with Crippen molar-refractivity contribution in [3.05, 3.63) is 88.6 Å². The minimum absolute atomic E-state index is 0.192. The molecule has 3 rings (SSSR count). The van der Waals surface area contributed by atoms with E-state index in [4.69, 9.17) is 16.3 Å². The standard InChI is InChI=1S/C22H20ClN3O2S/c1-28-20-10-7-17(12-18(20)15-29-22-4-2-3-11-24-22)14-25-26-21(27)13-16-5-8-19(23)9-6-16/h2-12,14H,13,15H2,1H3,(H,26,27)/b25-14-. The van der Waals surface area contributed by atoms with Crippen LogP contribution in [0.3, 0.4) is 0 Å². The van der Waals surface area contributed by atoms with E-state index in [-0.39, 0.29) is 12.3 Å². The summed E-state index contributed by atoms with van der Waals surface area (Å²) in [4.78, 5) is 16.3. The van der Waals surface area contributed by atoms with Gasteiger partial charge in [-0.1, -0.05) is 29.8 Å². The van der Waals surface area contributed by atoms with Gasteiger partial charge in [0, 0.05) is 22.5 Å². The van der Waals surface area contributed by atoms with E-state index in [0.717, 1.165) is 27.5 Å². The first-order chi connectivity index (χ1) is 14.1. The van der Waals surface area contributed by atoms with E-state index in [1.807, 2.05) is 48.5 Å². The van der Waals surface area contributed by atoms with Crippen molar-refractivity contribution in [3.8, 4) is 5.75 Å². The van der Waals surface area contributed by atoms with Crippen molar-refractivity contribution in [2.75, 3.05) is 7.11 Å². The van der Waals surface area contributed by atoms with E-state index >= 15 is 0 Å². The summed E-state index contributed by atoms with van der Waals surface area (Å²) < 4.78 is 5.45. The van der Waals surface area contributed by atoms with Gasteiger partial charge in [-0.3, -0.25) is 4.79 Å². The number of carbonyl (C=O) groups excluding carboxylic acids is 1. The number of pyridine rings is 1. The van der Waals surface area contributed by atoms with Crippen LogP contribution in [-0.2, 0) is 17.0 Å². The van der Waals surface area contributed by atoms with Gasteiger partial charge < -0.3 is 4.74 Å². The summed E-state index contributed by atoms with van der Waals surface area (Å²) in [6.45, 7) is 0. The van der Waals surface area contributed by atoms with Crippen LogP contribution in [0, 0.1) is 0 Å². The fourth-order valence-corrected chi connectivity index (χ4v) is 3.55. The lowest BCUT2D eigenvalue weighted by Crippen LogP contribution is -2.19. The lowest BCUT2D eigenvalue weighted by Gasteiger charge is -2.09. The van der Waals surface area contributed by atoms with Crippen LogP contribution in [0.4, 0.5) is 0 Å². The highest BCUT2D eigenvalue weighted by molar-refractivity contribution is 7.98. The van der Waals surface area contributed by atoms with E-state index < -0.39 is 0 Å². The average molecular weight is 426 g/mol. The van der Waals surface area contributed by atoms with E-state index in [0.29, 0.717) is 10.8 Å². The minimum Gasteiger partial charge on any atom is -0.496 e. The van der Waals surface area contributed by atoms with Gasteiger partial charge in [0.15, 0.2) is 0 Å². The van der Waals surface area contributed by atoms with Crippen LogP contribution in [0.25, 0.3) is 0 Å².